The summed E-state index contributed by atoms with van der Waals surface area (Å²) in [6.45, 7) is 6.48. The molecule has 0 aliphatic heterocycles. The maximum absolute atomic E-state index is 11.7. The Morgan fingerprint density at radius 1 is 1.30 bits per heavy atom. The maximum atomic E-state index is 11.7. The standard InChI is InChI=1S/C14H22N2O3.ClH/c1-3-8-18-13-6-5-11(10-12(13)15)14(17)19-9-7-16-4-2;/h5-6,10,16H,3-4,7-9,15H2,1-2H3;1H. The van der Waals surface area contributed by atoms with Crippen LogP contribution in [0.4, 0.5) is 5.69 Å². The molecule has 1 aromatic carbocycles. The van der Waals surface area contributed by atoms with Crippen molar-refractivity contribution < 1.29 is 14.3 Å². The molecule has 0 aliphatic rings. The molecule has 1 rings (SSSR count). The summed E-state index contributed by atoms with van der Waals surface area (Å²) in [7, 11) is 0. The van der Waals surface area contributed by atoms with Gasteiger partial charge in [0, 0.05) is 6.54 Å². The lowest BCUT2D eigenvalue weighted by Gasteiger charge is -2.09. The summed E-state index contributed by atoms with van der Waals surface area (Å²) in [5.74, 6) is 0.234. The number of anilines is 1. The van der Waals surface area contributed by atoms with Crippen LogP contribution in [0.1, 0.15) is 30.6 Å². The quantitative estimate of drug-likeness (QED) is 0.438. The van der Waals surface area contributed by atoms with Crippen LogP contribution in [-0.2, 0) is 4.74 Å². The van der Waals surface area contributed by atoms with E-state index in [0.29, 0.717) is 36.8 Å². The van der Waals surface area contributed by atoms with Gasteiger partial charge in [0.05, 0.1) is 17.9 Å². The van der Waals surface area contributed by atoms with E-state index in [2.05, 4.69) is 5.32 Å². The molecule has 1 aromatic rings. The molecule has 0 bridgehead atoms. The normalized spacial score (nSPS) is 9.70. The molecule has 0 aliphatic carbocycles. The van der Waals surface area contributed by atoms with Gasteiger partial charge in [0.15, 0.2) is 0 Å². The second-order valence-corrected chi connectivity index (χ2v) is 4.09. The summed E-state index contributed by atoms with van der Waals surface area (Å²) in [6.07, 6.45) is 0.910. The number of carbonyl (C=O) groups is 1. The lowest BCUT2D eigenvalue weighted by atomic mass is 10.2. The van der Waals surface area contributed by atoms with E-state index in [9.17, 15) is 4.79 Å². The topological polar surface area (TPSA) is 73.6 Å². The van der Waals surface area contributed by atoms with E-state index < -0.39 is 0 Å². The smallest absolute Gasteiger partial charge is 0.338 e. The zero-order valence-corrected chi connectivity index (χ0v) is 12.8. The van der Waals surface area contributed by atoms with Gasteiger partial charge in [-0.3, -0.25) is 0 Å². The van der Waals surface area contributed by atoms with Crippen molar-refractivity contribution in [1.29, 1.82) is 0 Å². The summed E-state index contributed by atoms with van der Waals surface area (Å²) in [6, 6.07) is 4.95. The molecule has 20 heavy (non-hydrogen) atoms. The highest BCUT2D eigenvalue weighted by Gasteiger charge is 2.09. The predicted molar refractivity (Wildman–Crippen MR) is 82.7 cm³/mol. The third-order valence-electron chi connectivity index (χ3n) is 2.47. The van der Waals surface area contributed by atoms with E-state index in [1.807, 2.05) is 13.8 Å². The van der Waals surface area contributed by atoms with E-state index in [1.54, 1.807) is 18.2 Å². The number of nitrogen functional groups attached to an aromatic ring is 1. The zero-order valence-electron chi connectivity index (χ0n) is 12.0. The van der Waals surface area contributed by atoms with E-state index in [-0.39, 0.29) is 18.4 Å². The molecule has 0 spiro atoms. The SMILES string of the molecule is CCCOc1ccc(C(=O)OCCNCC)cc1N.Cl. The van der Waals surface area contributed by atoms with Gasteiger partial charge in [0.2, 0.25) is 0 Å². The van der Waals surface area contributed by atoms with E-state index in [1.165, 1.54) is 0 Å². The average Bonchev–Trinajstić information content (AvgIpc) is 2.42. The fraction of sp³-hybridized carbons (Fsp3) is 0.500. The number of nitrogens with two attached hydrogens (primary N) is 1. The van der Waals surface area contributed by atoms with Crippen LogP contribution in [0.15, 0.2) is 18.2 Å². The molecular formula is C14H23ClN2O3. The summed E-state index contributed by atoms with van der Waals surface area (Å²) < 4.78 is 10.6. The number of esters is 1. The molecule has 6 heteroatoms. The Labute approximate surface area is 126 Å². The van der Waals surface area contributed by atoms with Crippen molar-refractivity contribution in [3.8, 4) is 5.75 Å². The van der Waals surface area contributed by atoms with E-state index in [0.717, 1.165) is 13.0 Å². The molecule has 0 aromatic heterocycles. The highest BCUT2D eigenvalue weighted by molar-refractivity contribution is 5.91. The first kappa shape index (κ1) is 18.5. The first-order chi connectivity index (χ1) is 9.19. The molecule has 3 N–H and O–H groups in total. The molecule has 0 fully saturated rings. The lowest BCUT2D eigenvalue weighted by Crippen LogP contribution is -2.21. The van der Waals surface area contributed by atoms with Gasteiger partial charge in [-0.25, -0.2) is 4.79 Å². The number of benzene rings is 1. The third-order valence-corrected chi connectivity index (χ3v) is 2.47. The van der Waals surface area contributed by atoms with Gasteiger partial charge in [-0.1, -0.05) is 13.8 Å². The van der Waals surface area contributed by atoms with Gasteiger partial charge in [-0.05, 0) is 31.2 Å². The van der Waals surface area contributed by atoms with Crippen molar-refractivity contribution in [3.63, 3.8) is 0 Å². The summed E-state index contributed by atoms with van der Waals surface area (Å²) in [5.41, 5.74) is 6.73. The van der Waals surface area contributed by atoms with Gasteiger partial charge in [0.1, 0.15) is 12.4 Å². The number of hydrogen-bond acceptors (Lipinski definition) is 5. The first-order valence-electron chi connectivity index (χ1n) is 6.59. The molecule has 0 heterocycles. The third kappa shape index (κ3) is 6.12. The lowest BCUT2D eigenvalue weighted by molar-refractivity contribution is 0.0509. The number of likely N-dealkylation sites (N-methyl/N-ethyl adjacent to an activating group) is 1. The minimum atomic E-state index is -0.369. The fourth-order valence-corrected chi connectivity index (χ4v) is 1.49. The van der Waals surface area contributed by atoms with Crippen molar-refractivity contribution in [2.24, 2.45) is 0 Å². The Bertz CT molecular complexity index is 413. The van der Waals surface area contributed by atoms with Crippen LogP contribution in [0, 0.1) is 0 Å². The van der Waals surface area contributed by atoms with Crippen LogP contribution in [0.25, 0.3) is 0 Å². The average molecular weight is 303 g/mol. The van der Waals surface area contributed by atoms with Crippen molar-refractivity contribution in [2.45, 2.75) is 20.3 Å². The Morgan fingerprint density at radius 3 is 2.65 bits per heavy atom. The molecule has 0 atom stereocenters. The highest BCUT2D eigenvalue weighted by Crippen LogP contribution is 2.23. The molecule has 0 saturated carbocycles. The monoisotopic (exact) mass is 302 g/mol. The van der Waals surface area contributed by atoms with Gasteiger partial charge >= 0.3 is 5.97 Å². The Hall–Kier alpha value is -1.46. The maximum Gasteiger partial charge on any atom is 0.338 e. The number of ether oxygens (including phenoxy) is 2. The number of carbonyl (C=O) groups excluding carboxylic acids is 1. The summed E-state index contributed by atoms with van der Waals surface area (Å²) >= 11 is 0. The largest absolute Gasteiger partial charge is 0.491 e. The van der Waals surface area contributed by atoms with Crippen molar-refractivity contribution in [1.82, 2.24) is 5.32 Å². The number of hydrogen-bond donors (Lipinski definition) is 2. The van der Waals surface area contributed by atoms with Crippen LogP contribution in [0.5, 0.6) is 5.75 Å². The molecule has 5 nitrogen and oxygen atoms in total. The second kappa shape index (κ2) is 10.3. The van der Waals surface area contributed by atoms with Crippen LogP contribution >= 0.6 is 12.4 Å². The number of nitrogens with one attached hydrogen (secondary N) is 1. The first-order valence-corrected chi connectivity index (χ1v) is 6.59. The molecule has 0 radical (unpaired) electrons. The van der Waals surface area contributed by atoms with Crippen molar-refractivity contribution >= 4 is 24.1 Å². The summed E-state index contributed by atoms with van der Waals surface area (Å²) in [5, 5.41) is 3.08. The van der Waals surface area contributed by atoms with Gasteiger partial charge in [0.25, 0.3) is 0 Å². The summed E-state index contributed by atoms with van der Waals surface area (Å²) in [4.78, 5) is 11.7. The Balaban J connectivity index is 0.00000361. The minimum Gasteiger partial charge on any atom is -0.491 e. The Kier molecular flexibility index (Phi) is 9.59. The van der Waals surface area contributed by atoms with Crippen molar-refractivity contribution in [3.05, 3.63) is 23.8 Å². The van der Waals surface area contributed by atoms with E-state index in [4.69, 9.17) is 15.2 Å². The molecule has 0 saturated heterocycles. The van der Waals surface area contributed by atoms with Gasteiger partial charge in [-0.2, -0.15) is 0 Å². The predicted octanol–water partition coefficient (Wildman–Crippen LogP) is 2.25. The van der Waals surface area contributed by atoms with Gasteiger partial charge < -0.3 is 20.5 Å². The molecule has 0 amide bonds. The van der Waals surface area contributed by atoms with Crippen molar-refractivity contribution in [2.75, 3.05) is 32.0 Å². The number of rotatable bonds is 8. The molecule has 114 valence electrons. The Morgan fingerprint density at radius 2 is 2.05 bits per heavy atom. The van der Waals surface area contributed by atoms with Crippen LogP contribution < -0.4 is 15.8 Å². The zero-order chi connectivity index (χ0) is 14.1. The highest BCUT2D eigenvalue weighted by atomic mass is 35.5. The molecule has 0 unspecified atom stereocenters. The minimum absolute atomic E-state index is 0. The van der Waals surface area contributed by atoms with Crippen LogP contribution in [0.3, 0.4) is 0 Å². The van der Waals surface area contributed by atoms with Crippen LogP contribution in [-0.4, -0.2) is 32.3 Å². The fourth-order valence-electron chi connectivity index (χ4n) is 1.49. The molecular weight excluding hydrogens is 280 g/mol. The van der Waals surface area contributed by atoms with E-state index >= 15 is 0 Å². The number of halogens is 1. The van der Waals surface area contributed by atoms with Crippen LogP contribution in [0.2, 0.25) is 0 Å². The second-order valence-electron chi connectivity index (χ2n) is 4.09. The van der Waals surface area contributed by atoms with Gasteiger partial charge in [-0.15, -0.1) is 12.4 Å².